The Morgan fingerprint density at radius 1 is 1.20 bits per heavy atom. The summed E-state index contributed by atoms with van der Waals surface area (Å²) in [7, 11) is 2.50. The van der Waals surface area contributed by atoms with Gasteiger partial charge in [-0.2, -0.15) is 0 Å². The van der Waals surface area contributed by atoms with Crippen LogP contribution in [-0.2, 0) is 19.1 Å². The molecule has 0 amide bonds. The first-order valence-electron chi connectivity index (χ1n) is 4.32. The van der Waals surface area contributed by atoms with E-state index in [0.29, 0.717) is 4.88 Å². The predicted octanol–water partition coefficient (Wildman–Crippen LogP) is 1.49. The summed E-state index contributed by atoms with van der Waals surface area (Å²) < 4.78 is 9.13. The van der Waals surface area contributed by atoms with Gasteiger partial charge in [-0.15, -0.1) is 11.3 Å². The standard InChI is InChI=1S/C10H12O4S/c1-6-4-5-7(15-6)8(9(11)13-2)10(12)14-3/h4-5,8H,1-3H3. The Balaban J connectivity index is 3.01. The second-order valence-corrected chi connectivity index (χ2v) is 4.25. The first-order valence-corrected chi connectivity index (χ1v) is 5.13. The highest BCUT2D eigenvalue weighted by Gasteiger charge is 2.31. The smallest absolute Gasteiger partial charge is 0.325 e. The van der Waals surface area contributed by atoms with E-state index in [4.69, 9.17) is 0 Å². The van der Waals surface area contributed by atoms with Gasteiger partial charge in [-0.25, -0.2) is 0 Å². The molecule has 0 unspecified atom stereocenters. The van der Waals surface area contributed by atoms with Crippen molar-refractivity contribution < 1.29 is 19.1 Å². The SMILES string of the molecule is COC(=O)C(C(=O)OC)c1ccc(C)s1. The number of thiophene rings is 1. The highest BCUT2D eigenvalue weighted by molar-refractivity contribution is 7.12. The van der Waals surface area contributed by atoms with E-state index < -0.39 is 17.9 Å². The summed E-state index contributed by atoms with van der Waals surface area (Å²) in [4.78, 5) is 24.5. The third-order valence-corrected chi connectivity index (χ3v) is 2.98. The number of aryl methyl sites for hydroxylation is 1. The molecular formula is C10H12O4S. The van der Waals surface area contributed by atoms with Crippen LogP contribution in [-0.4, -0.2) is 26.2 Å². The van der Waals surface area contributed by atoms with Crippen molar-refractivity contribution in [1.82, 2.24) is 0 Å². The molecule has 4 nitrogen and oxygen atoms in total. The number of esters is 2. The van der Waals surface area contributed by atoms with Gasteiger partial charge in [0.1, 0.15) is 0 Å². The molecule has 0 saturated carbocycles. The van der Waals surface area contributed by atoms with Crippen LogP contribution < -0.4 is 0 Å². The molecule has 0 radical (unpaired) electrons. The van der Waals surface area contributed by atoms with E-state index in [2.05, 4.69) is 9.47 Å². The van der Waals surface area contributed by atoms with Crippen LogP contribution in [0.25, 0.3) is 0 Å². The van der Waals surface area contributed by atoms with Crippen LogP contribution in [0.3, 0.4) is 0 Å². The van der Waals surface area contributed by atoms with Crippen molar-refractivity contribution in [2.75, 3.05) is 14.2 Å². The normalized spacial score (nSPS) is 10.1. The van der Waals surface area contributed by atoms with Gasteiger partial charge in [0, 0.05) is 9.75 Å². The Morgan fingerprint density at radius 3 is 2.07 bits per heavy atom. The van der Waals surface area contributed by atoms with Crippen molar-refractivity contribution in [2.45, 2.75) is 12.8 Å². The molecule has 0 aliphatic rings. The Hall–Kier alpha value is -1.36. The molecule has 0 aromatic carbocycles. The number of carbonyl (C=O) groups is 2. The van der Waals surface area contributed by atoms with Crippen molar-refractivity contribution in [2.24, 2.45) is 0 Å². The average molecular weight is 228 g/mol. The van der Waals surface area contributed by atoms with E-state index in [9.17, 15) is 9.59 Å². The molecule has 0 atom stereocenters. The van der Waals surface area contributed by atoms with Crippen LogP contribution in [0.5, 0.6) is 0 Å². The van der Waals surface area contributed by atoms with Crippen LogP contribution in [0, 0.1) is 6.92 Å². The van der Waals surface area contributed by atoms with Gasteiger partial charge in [-0.05, 0) is 19.1 Å². The first-order chi connectivity index (χ1) is 7.10. The summed E-state index contributed by atoms with van der Waals surface area (Å²) in [5, 5.41) is 0. The van der Waals surface area contributed by atoms with Gasteiger partial charge in [0.25, 0.3) is 0 Å². The fourth-order valence-electron chi connectivity index (χ4n) is 1.17. The number of ether oxygens (including phenoxy) is 2. The van der Waals surface area contributed by atoms with Gasteiger partial charge in [0.2, 0.25) is 0 Å². The summed E-state index contributed by atoms with van der Waals surface area (Å²) in [6.07, 6.45) is 0. The lowest BCUT2D eigenvalue weighted by Crippen LogP contribution is -2.23. The summed E-state index contributed by atoms with van der Waals surface area (Å²) in [6, 6.07) is 3.58. The molecule has 0 bridgehead atoms. The number of hydrogen-bond donors (Lipinski definition) is 0. The monoisotopic (exact) mass is 228 g/mol. The van der Waals surface area contributed by atoms with Crippen LogP contribution in [0.1, 0.15) is 15.7 Å². The number of rotatable bonds is 3. The molecule has 0 spiro atoms. The third kappa shape index (κ3) is 2.56. The lowest BCUT2D eigenvalue weighted by atomic mass is 10.1. The van der Waals surface area contributed by atoms with E-state index in [0.717, 1.165) is 4.88 Å². The molecule has 5 heteroatoms. The minimum Gasteiger partial charge on any atom is -0.468 e. The summed E-state index contributed by atoms with van der Waals surface area (Å²) in [6.45, 7) is 1.90. The van der Waals surface area contributed by atoms with Gasteiger partial charge >= 0.3 is 11.9 Å². The quantitative estimate of drug-likeness (QED) is 0.581. The zero-order chi connectivity index (χ0) is 11.4. The lowest BCUT2D eigenvalue weighted by molar-refractivity contribution is -0.154. The number of methoxy groups -OCH3 is 2. The Kier molecular flexibility index (Phi) is 3.85. The fraction of sp³-hybridized carbons (Fsp3) is 0.400. The third-order valence-electron chi connectivity index (χ3n) is 1.92. The molecule has 82 valence electrons. The molecular weight excluding hydrogens is 216 g/mol. The number of hydrogen-bond acceptors (Lipinski definition) is 5. The van der Waals surface area contributed by atoms with Gasteiger partial charge in [0.05, 0.1) is 14.2 Å². The minimum absolute atomic E-state index is 0.594. The fourth-order valence-corrected chi connectivity index (χ4v) is 2.13. The second kappa shape index (κ2) is 4.93. The van der Waals surface area contributed by atoms with E-state index >= 15 is 0 Å². The second-order valence-electron chi connectivity index (χ2n) is 2.93. The Morgan fingerprint density at radius 2 is 1.73 bits per heavy atom. The summed E-state index contributed by atoms with van der Waals surface area (Å²) in [5.74, 6) is -2.15. The Bertz CT molecular complexity index is 353. The Labute approximate surface area is 91.8 Å². The van der Waals surface area contributed by atoms with Crippen molar-refractivity contribution in [3.8, 4) is 0 Å². The molecule has 1 aromatic heterocycles. The molecule has 0 fully saturated rings. The predicted molar refractivity (Wildman–Crippen MR) is 55.8 cm³/mol. The molecule has 1 aromatic rings. The highest BCUT2D eigenvalue weighted by atomic mass is 32.1. The topological polar surface area (TPSA) is 52.6 Å². The van der Waals surface area contributed by atoms with Gasteiger partial charge < -0.3 is 9.47 Å². The molecule has 0 aliphatic carbocycles. The zero-order valence-corrected chi connectivity index (χ0v) is 9.59. The maximum Gasteiger partial charge on any atom is 0.325 e. The molecule has 15 heavy (non-hydrogen) atoms. The van der Waals surface area contributed by atoms with Crippen LogP contribution >= 0.6 is 11.3 Å². The zero-order valence-electron chi connectivity index (χ0n) is 8.77. The van der Waals surface area contributed by atoms with Crippen LogP contribution in [0.15, 0.2) is 12.1 Å². The maximum absolute atomic E-state index is 11.4. The molecule has 0 N–H and O–H groups in total. The van der Waals surface area contributed by atoms with Crippen molar-refractivity contribution in [3.05, 3.63) is 21.9 Å². The summed E-state index contributed by atoms with van der Waals surface area (Å²) in [5.41, 5.74) is 0. The van der Waals surface area contributed by atoms with Gasteiger partial charge in [0.15, 0.2) is 5.92 Å². The van der Waals surface area contributed by atoms with E-state index in [1.807, 2.05) is 13.0 Å². The first kappa shape index (κ1) is 11.7. The lowest BCUT2D eigenvalue weighted by Gasteiger charge is -2.09. The molecule has 0 aliphatic heterocycles. The van der Waals surface area contributed by atoms with Crippen molar-refractivity contribution >= 4 is 23.3 Å². The van der Waals surface area contributed by atoms with Gasteiger partial charge in [-0.3, -0.25) is 9.59 Å². The molecule has 0 saturated heterocycles. The van der Waals surface area contributed by atoms with Gasteiger partial charge in [-0.1, -0.05) is 0 Å². The van der Waals surface area contributed by atoms with E-state index in [-0.39, 0.29) is 0 Å². The average Bonchev–Trinajstić information content (AvgIpc) is 2.64. The van der Waals surface area contributed by atoms with Crippen LogP contribution in [0.2, 0.25) is 0 Å². The largest absolute Gasteiger partial charge is 0.468 e. The molecule has 1 heterocycles. The number of carbonyl (C=O) groups excluding carboxylic acids is 2. The minimum atomic E-state index is -0.960. The highest BCUT2D eigenvalue weighted by Crippen LogP contribution is 2.26. The van der Waals surface area contributed by atoms with Crippen molar-refractivity contribution in [1.29, 1.82) is 0 Å². The summed E-state index contributed by atoms with van der Waals surface area (Å²) >= 11 is 1.38. The van der Waals surface area contributed by atoms with E-state index in [1.165, 1.54) is 25.6 Å². The van der Waals surface area contributed by atoms with Crippen molar-refractivity contribution in [3.63, 3.8) is 0 Å². The van der Waals surface area contributed by atoms with Crippen LogP contribution in [0.4, 0.5) is 0 Å². The van der Waals surface area contributed by atoms with E-state index in [1.54, 1.807) is 6.07 Å². The maximum atomic E-state index is 11.4. The molecule has 1 rings (SSSR count).